The predicted molar refractivity (Wildman–Crippen MR) is 89.0 cm³/mol. The zero-order valence-electron chi connectivity index (χ0n) is 13.3. The zero-order chi connectivity index (χ0) is 17.5. The molecule has 1 unspecified atom stereocenters. The predicted octanol–water partition coefficient (Wildman–Crippen LogP) is 3.75. The summed E-state index contributed by atoms with van der Waals surface area (Å²) in [6, 6.07) is 10.9. The molecule has 0 aliphatic carbocycles. The number of benzene rings is 2. The summed E-state index contributed by atoms with van der Waals surface area (Å²) in [5.74, 6) is -0.914. The van der Waals surface area contributed by atoms with Gasteiger partial charge in [0, 0.05) is 10.6 Å². The van der Waals surface area contributed by atoms with Crippen molar-refractivity contribution in [3.05, 3.63) is 70.0 Å². The van der Waals surface area contributed by atoms with E-state index in [9.17, 15) is 14.0 Å². The summed E-state index contributed by atoms with van der Waals surface area (Å²) in [5.41, 5.74) is 0.957. The van der Waals surface area contributed by atoms with E-state index in [4.69, 9.17) is 11.6 Å². The molecule has 1 saturated heterocycles. The molecule has 0 bridgehead atoms. The van der Waals surface area contributed by atoms with E-state index in [-0.39, 0.29) is 11.6 Å². The highest BCUT2D eigenvalue weighted by atomic mass is 35.5. The highest BCUT2D eigenvalue weighted by Crippen LogP contribution is 2.34. The average Bonchev–Trinajstić information content (AvgIpc) is 2.71. The molecule has 0 saturated carbocycles. The molecule has 3 rings (SSSR count). The van der Waals surface area contributed by atoms with Crippen molar-refractivity contribution in [3.63, 3.8) is 0 Å². The van der Waals surface area contributed by atoms with Gasteiger partial charge >= 0.3 is 6.03 Å². The van der Waals surface area contributed by atoms with Crippen molar-refractivity contribution in [2.24, 2.45) is 0 Å². The second-order valence-electron chi connectivity index (χ2n) is 6.06. The number of amides is 3. The number of aryl methyl sites for hydroxylation is 1. The summed E-state index contributed by atoms with van der Waals surface area (Å²) in [6.45, 7) is 3.68. The number of carbonyl (C=O) groups excluding carboxylic acids is 2. The van der Waals surface area contributed by atoms with Crippen molar-refractivity contribution in [1.29, 1.82) is 0 Å². The molecule has 1 N–H and O–H groups in total. The molecular formula is C18H16ClFN2O2. The lowest BCUT2D eigenvalue weighted by Crippen LogP contribution is -2.41. The number of carbonyl (C=O) groups is 2. The van der Waals surface area contributed by atoms with Gasteiger partial charge in [0.05, 0.1) is 6.54 Å². The van der Waals surface area contributed by atoms with Crippen LogP contribution in [0.15, 0.2) is 42.5 Å². The van der Waals surface area contributed by atoms with Crippen LogP contribution in [0.1, 0.15) is 23.6 Å². The molecule has 2 aromatic rings. The van der Waals surface area contributed by atoms with Gasteiger partial charge in [-0.1, -0.05) is 47.5 Å². The van der Waals surface area contributed by atoms with Crippen molar-refractivity contribution < 1.29 is 14.0 Å². The van der Waals surface area contributed by atoms with Crippen molar-refractivity contribution in [3.8, 4) is 0 Å². The van der Waals surface area contributed by atoms with Crippen molar-refractivity contribution >= 4 is 23.5 Å². The van der Waals surface area contributed by atoms with Crippen LogP contribution in [0.25, 0.3) is 0 Å². The van der Waals surface area contributed by atoms with Gasteiger partial charge in [0.1, 0.15) is 11.4 Å². The largest absolute Gasteiger partial charge is 0.325 e. The van der Waals surface area contributed by atoms with E-state index >= 15 is 0 Å². The Morgan fingerprint density at radius 3 is 2.62 bits per heavy atom. The van der Waals surface area contributed by atoms with Gasteiger partial charge in [0.25, 0.3) is 5.91 Å². The molecular weight excluding hydrogens is 331 g/mol. The Bertz CT molecular complexity index is 840. The van der Waals surface area contributed by atoms with Crippen LogP contribution in [0, 0.1) is 12.7 Å². The number of nitrogens with zero attached hydrogens (tertiary/aromatic N) is 1. The van der Waals surface area contributed by atoms with Gasteiger partial charge < -0.3 is 5.32 Å². The summed E-state index contributed by atoms with van der Waals surface area (Å²) >= 11 is 6.08. The Hall–Kier alpha value is -2.40. The van der Waals surface area contributed by atoms with E-state index in [1.165, 1.54) is 12.1 Å². The smallest absolute Gasteiger partial charge is 0.319 e. The monoisotopic (exact) mass is 346 g/mol. The lowest BCUT2D eigenvalue weighted by Gasteiger charge is -2.23. The van der Waals surface area contributed by atoms with Crippen LogP contribution >= 0.6 is 11.6 Å². The molecule has 1 aliphatic heterocycles. The lowest BCUT2D eigenvalue weighted by atomic mass is 9.92. The average molecular weight is 347 g/mol. The number of imide groups is 1. The van der Waals surface area contributed by atoms with Crippen molar-refractivity contribution in [2.45, 2.75) is 25.9 Å². The second-order valence-corrected chi connectivity index (χ2v) is 6.47. The fraction of sp³-hybridized carbons (Fsp3) is 0.222. The van der Waals surface area contributed by atoms with Crippen molar-refractivity contribution in [1.82, 2.24) is 10.2 Å². The molecule has 3 amide bonds. The molecule has 1 heterocycles. The number of hydrogen-bond acceptors (Lipinski definition) is 2. The first-order chi connectivity index (χ1) is 11.3. The number of nitrogens with one attached hydrogen (secondary N) is 1. The molecule has 0 aromatic heterocycles. The lowest BCUT2D eigenvalue weighted by molar-refractivity contribution is -0.131. The van der Waals surface area contributed by atoms with Gasteiger partial charge in [-0.15, -0.1) is 0 Å². The second kappa shape index (κ2) is 5.91. The normalized spacial score (nSPS) is 20.4. The molecule has 4 nitrogen and oxygen atoms in total. The number of urea groups is 1. The van der Waals surface area contributed by atoms with Crippen LogP contribution in [-0.2, 0) is 16.9 Å². The maximum Gasteiger partial charge on any atom is 0.325 e. The highest BCUT2D eigenvalue weighted by molar-refractivity contribution is 6.32. The van der Waals surface area contributed by atoms with Gasteiger partial charge in [0.2, 0.25) is 0 Å². The molecule has 24 heavy (non-hydrogen) atoms. The molecule has 0 spiro atoms. The Balaban J connectivity index is 1.93. The Morgan fingerprint density at radius 2 is 1.96 bits per heavy atom. The van der Waals surface area contributed by atoms with Crippen LogP contribution < -0.4 is 5.32 Å². The van der Waals surface area contributed by atoms with Crippen LogP contribution in [-0.4, -0.2) is 16.8 Å². The highest BCUT2D eigenvalue weighted by Gasteiger charge is 2.49. The van der Waals surface area contributed by atoms with Gasteiger partial charge in [-0.2, -0.15) is 0 Å². The molecule has 1 fully saturated rings. The van der Waals surface area contributed by atoms with E-state index < -0.39 is 23.3 Å². The SMILES string of the molecule is Cc1cccc(CN2C(=O)NC(C)(c3ccc(F)cc3Cl)C2=O)c1. The van der Waals surface area contributed by atoms with E-state index in [0.717, 1.165) is 22.1 Å². The number of rotatable bonds is 3. The third kappa shape index (κ3) is 2.76. The first-order valence-corrected chi connectivity index (χ1v) is 7.84. The Kier molecular flexibility index (Phi) is 4.05. The first kappa shape index (κ1) is 16.5. The van der Waals surface area contributed by atoms with Crippen LogP contribution in [0.4, 0.5) is 9.18 Å². The fourth-order valence-corrected chi connectivity index (χ4v) is 3.27. The number of hydrogen-bond donors (Lipinski definition) is 1. The standard InChI is InChI=1S/C18H16ClFN2O2/c1-11-4-3-5-12(8-11)10-22-16(23)18(2,21-17(22)24)14-7-6-13(20)9-15(14)19/h3-9H,10H2,1-2H3,(H,21,24). The molecule has 6 heteroatoms. The summed E-state index contributed by atoms with van der Waals surface area (Å²) in [6.07, 6.45) is 0. The quantitative estimate of drug-likeness (QED) is 0.860. The summed E-state index contributed by atoms with van der Waals surface area (Å²) in [5, 5.41) is 2.77. The minimum Gasteiger partial charge on any atom is -0.319 e. The molecule has 0 radical (unpaired) electrons. The van der Waals surface area contributed by atoms with Crippen LogP contribution in [0.2, 0.25) is 5.02 Å². The van der Waals surface area contributed by atoms with E-state index in [0.29, 0.717) is 5.56 Å². The molecule has 1 atom stereocenters. The van der Waals surface area contributed by atoms with Crippen LogP contribution in [0.5, 0.6) is 0 Å². The molecule has 124 valence electrons. The summed E-state index contributed by atoms with van der Waals surface area (Å²) < 4.78 is 13.3. The fourth-order valence-electron chi connectivity index (χ4n) is 2.91. The van der Waals surface area contributed by atoms with Gasteiger partial charge in [-0.25, -0.2) is 9.18 Å². The third-order valence-electron chi connectivity index (χ3n) is 4.17. The van der Waals surface area contributed by atoms with E-state index in [1.54, 1.807) is 6.92 Å². The number of halogens is 2. The minimum atomic E-state index is -1.31. The Morgan fingerprint density at radius 1 is 1.21 bits per heavy atom. The Labute approximate surface area is 144 Å². The van der Waals surface area contributed by atoms with Crippen LogP contribution in [0.3, 0.4) is 0 Å². The van der Waals surface area contributed by atoms with Crippen molar-refractivity contribution in [2.75, 3.05) is 0 Å². The topological polar surface area (TPSA) is 49.4 Å². The summed E-state index contributed by atoms with van der Waals surface area (Å²) in [4.78, 5) is 26.3. The molecule has 2 aromatic carbocycles. The maximum absolute atomic E-state index is 13.3. The molecule has 1 aliphatic rings. The first-order valence-electron chi connectivity index (χ1n) is 7.46. The van der Waals surface area contributed by atoms with E-state index in [1.807, 2.05) is 31.2 Å². The summed E-state index contributed by atoms with van der Waals surface area (Å²) in [7, 11) is 0. The van der Waals surface area contributed by atoms with Gasteiger partial charge in [-0.05, 0) is 31.5 Å². The third-order valence-corrected chi connectivity index (χ3v) is 4.48. The van der Waals surface area contributed by atoms with Gasteiger partial charge in [-0.3, -0.25) is 9.69 Å². The zero-order valence-corrected chi connectivity index (χ0v) is 14.0. The maximum atomic E-state index is 13.3. The van der Waals surface area contributed by atoms with Gasteiger partial charge in [0.15, 0.2) is 0 Å². The minimum absolute atomic E-state index is 0.101. The van der Waals surface area contributed by atoms with E-state index in [2.05, 4.69) is 5.32 Å².